The summed E-state index contributed by atoms with van der Waals surface area (Å²) in [5.74, 6) is 0.0784. The molecule has 0 saturated carbocycles. The largest absolute Gasteiger partial charge is 0.489 e. The number of carbonyl (C=O) groups excluding carboxylic acids is 3. The van der Waals surface area contributed by atoms with E-state index in [-0.39, 0.29) is 12.3 Å². The molecule has 1 fully saturated rings. The number of amides is 4. The van der Waals surface area contributed by atoms with Crippen LogP contribution in [0, 0.1) is 0 Å². The molecule has 4 amide bonds. The summed E-state index contributed by atoms with van der Waals surface area (Å²) >= 11 is 0. The van der Waals surface area contributed by atoms with E-state index in [0.29, 0.717) is 19.6 Å². The first-order chi connectivity index (χ1) is 16.1. The standard InChI is InChI=1S/C26H25N3O4/c30-24(16-23-25(31)29-26(32)28-23)27-15-14-18-6-8-20(9-7-18)21-10-12-22(13-11-21)33-17-19-4-2-1-3-5-19/h1-13,23H,14-17H2,(H,27,30)(H2,28,29,31,32). The van der Waals surface area contributed by atoms with Crippen molar-refractivity contribution in [2.45, 2.75) is 25.5 Å². The van der Waals surface area contributed by atoms with E-state index < -0.39 is 18.0 Å². The fraction of sp³-hybridized carbons (Fsp3) is 0.192. The van der Waals surface area contributed by atoms with Crippen LogP contribution in [0.15, 0.2) is 78.9 Å². The molecular weight excluding hydrogens is 418 g/mol. The van der Waals surface area contributed by atoms with Crippen molar-refractivity contribution in [3.63, 3.8) is 0 Å². The lowest BCUT2D eigenvalue weighted by Gasteiger charge is -2.09. The van der Waals surface area contributed by atoms with Gasteiger partial charge in [0.2, 0.25) is 5.91 Å². The van der Waals surface area contributed by atoms with E-state index in [1.54, 1.807) is 0 Å². The lowest BCUT2D eigenvalue weighted by molar-refractivity contribution is -0.126. The van der Waals surface area contributed by atoms with E-state index in [4.69, 9.17) is 4.74 Å². The van der Waals surface area contributed by atoms with Crippen molar-refractivity contribution in [2.24, 2.45) is 0 Å². The Morgan fingerprint density at radius 3 is 2.15 bits per heavy atom. The first-order valence-corrected chi connectivity index (χ1v) is 10.8. The number of ether oxygens (including phenoxy) is 1. The summed E-state index contributed by atoms with van der Waals surface area (Å²) in [7, 11) is 0. The smallest absolute Gasteiger partial charge is 0.322 e. The summed E-state index contributed by atoms with van der Waals surface area (Å²) in [5.41, 5.74) is 4.41. The minimum Gasteiger partial charge on any atom is -0.489 e. The summed E-state index contributed by atoms with van der Waals surface area (Å²) in [5, 5.41) is 7.31. The van der Waals surface area contributed by atoms with Crippen molar-refractivity contribution in [3.05, 3.63) is 90.0 Å². The van der Waals surface area contributed by atoms with Gasteiger partial charge in [-0.2, -0.15) is 0 Å². The molecule has 0 radical (unpaired) electrons. The molecule has 1 aliphatic heterocycles. The Bertz CT molecular complexity index is 1110. The van der Waals surface area contributed by atoms with Crippen LogP contribution in [0.2, 0.25) is 0 Å². The molecule has 1 saturated heterocycles. The summed E-state index contributed by atoms with van der Waals surface area (Å²) in [6, 6.07) is 24.9. The molecule has 33 heavy (non-hydrogen) atoms. The van der Waals surface area contributed by atoms with Crippen LogP contribution < -0.4 is 20.7 Å². The number of hydrogen-bond donors (Lipinski definition) is 3. The fourth-order valence-corrected chi connectivity index (χ4v) is 3.55. The number of hydrogen-bond acceptors (Lipinski definition) is 4. The van der Waals surface area contributed by atoms with Gasteiger partial charge in [0, 0.05) is 6.54 Å². The minimum atomic E-state index is -0.799. The number of rotatable bonds is 9. The van der Waals surface area contributed by atoms with Crippen molar-refractivity contribution in [2.75, 3.05) is 6.54 Å². The van der Waals surface area contributed by atoms with E-state index in [2.05, 4.69) is 28.1 Å². The van der Waals surface area contributed by atoms with Crippen LogP contribution in [0.1, 0.15) is 17.5 Å². The third-order valence-corrected chi connectivity index (χ3v) is 5.37. The van der Waals surface area contributed by atoms with Gasteiger partial charge in [0.05, 0.1) is 6.42 Å². The van der Waals surface area contributed by atoms with Crippen molar-refractivity contribution in [1.82, 2.24) is 16.0 Å². The van der Waals surface area contributed by atoms with Gasteiger partial charge in [0.25, 0.3) is 5.91 Å². The molecule has 1 atom stereocenters. The molecule has 7 heteroatoms. The van der Waals surface area contributed by atoms with E-state index in [1.165, 1.54) is 0 Å². The van der Waals surface area contributed by atoms with Crippen molar-refractivity contribution < 1.29 is 19.1 Å². The minimum absolute atomic E-state index is 0.0679. The normalized spacial score (nSPS) is 15.0. The van der Waals surface area contributed by atoms with Crippen LogP contribution in [0.5, 0.6) is 5.75 Å². The summed E-state index contributed by atoms with van der Waals surface area (Å²) in [6.07, 6.45) is 0.600. The molecule has 168 valence electrons. The lowest BCUT2D eigenvalue weighted by Crippen LogP contribution is -2.36. The van der Waals surface area contributed by atoms with E-state index >= 15 is 0 Å². The van der Waals surface area contributed by atoms with Gasteiger partial charge in [-0.1, -0.05) is 66.7 Å². The molecule has 0 bridgehead atoms. The highest BCUT2D eigenvalue weighted by atomic mass is 16.5. The molecule has 3 aromatic carbocycles. The van der Waals surface area contributed by atoms with Gasteiger partial charge in [0.1, 0.15) is 18.4 Å². The lowest BCUT2D eigenvalue weighted by atomic mass is 10.0. The monoisotopic (exact) mass is 443 g/mol. The Morgan fingerprint density at radius 1 is 0.848 bits per heavy atom. The molecule has 0 aromatic heterocycles. The molecule has 3 aromatic rings. The highest BCUT2D eigenvalue weighted by Gasteiger charge is 2.31. The Morgan fingerprint density at radius 2 is 1.52 bits per heavy atom. The Labute approximate surface area is 192 Å². The quantitative estimate of drug-likeness (QED) is 0.443. The predicted octanol–water partition coefficient (Wildman–Crippen LogP) is 3.19. The number of carbonyl (C=O) groups is 3. The highest BCUT2D eigenvalue weighted by molar-refractivity contribution is 6.05. The van der Waals surface area contributed by atoms with Gasteiger partial charge in [-0.25, -0.2) is 4.79 Å². The summed E-state index contributed by atoms with van der Waals surface area (Å²) in [6.45, 7) is 0.988. The van der Waals surface area contributed by atoms with Gasteiger partial charge in [-0.3, -0.25) is 14.9 Å². The van der Waals surface area contributed by atoms with Crippen molar-refractivity contribution in [3.8, 4) is 16.9 Å². The van der Waals surface area contributed by atoms with Crippen LogP contribution in [0.3, 0.4) is 0 Å². The Balaban J connectivity index is 1.23. The van der Waals surface area contributed by atoms with Crippen molar-refractivity contribution >= 4 is 17.8 Å². The molecule has 3 N–H and O–H groups in total. The van der Waals surface area contributed by atoms with Crippen molar-refractivity contribution in [1.29, 1.82) is 0 Å². The van der Waals surface area contributed by atoms with E-state index in [0.717, 1.165) is 28.0 Å². The number of benzene rings is 3. The molecule has 1 unspecified atom stereocenters. The average Bonchev–Trinajstić information content (AvgIpc) is 3.15. The number of nitrogens with one attached hydrogen (secondary N) is 3. The van der Waals surface area contributed by atoms with Gasteiger partial charge in [-0.15, -0.1) is 0 Å². The summed E-state index contributed by atoms with van der Waals surface area (Å²) < 4.78 is 5.84. The van der Waals surface area contributed by atoms with Crippen LogP contribution in [0.4, 0.5) is 4.79 Å². The van der Waals surface area contributed by atoms with E-state index in [9.17, 15) is 14.4 Å². The van der Waals surface area contributed by atoms with E-state index in [1.807, 2.05) is 66.7 Å². The van der Waals surface area contributed by atoms with Crippen LogP contribution in [0.25, 0.3) is 11.1 Å². The second kappa shape index (κ2) is 10.5. The average molecular weight is 444 g/mol. The number of urea groups is 1. The molecule has 1 aliphatic rings. The van der Waals surface area contributed by atoms with Gasteiger partial charge < -0.3 is 15.4 Å². The molecule has 0 spiro atoms. The zero-order chi connectivity index (χ0) is 23.0. The molecule has 1 heterocycles. The second-order valence-corrected chi connectivity index (χ2v) is 7.81. The molecule has 0 aliphatic carbocycles. The first kappa shape index (κ1) is 22.1. The van der Waals surface area contributed by atoms with Crippen LogP contribution in [-0.4, -0.2) is 30.4 Å². The topological polar surface area (TPSA) is 96.5 Å². The van der Waals surface area contributed by atoms with Gasteiger partial charge in [-0.05, 0) is 40.8 Å². The Kier molecular flexibility index (Phi) is 6.99. The maximum absolute atomic E-state index is 12.0. The Hall–Kier alpha value is -4.13. The van der Waals surface area contributed by atoms with Gasteiger partial charge in [0.15, 0.2) is 0 Å². The first-order valence-electron chi connectivity index (χ1n) is 10.8. The van der Waals surface area contributed by atoms with Crippen LogP contribution >= 0.6 is 0 Å². The zero-order valence-corrected chi connectivity index (χ0v) is 18.0. The fourth-order valence-electron chi connectivity index (χ4n) is 3.55. The van der Waals surface area contributed by atoms with Gasteiger partial charge >= 0.3 is 6.03 Å². The second-order valence-electron chi connectivity index (χ2n) is 7.81. The predicted molar refractivity (Wildman–Crippen MR) is 124 cm³/mol. The maximum atomic E-state index is 12.0. The third kappa shape index (κ3) is 6.20. The highest BCUT2D eigenvalue weighted by Crippen LogP contribution is 2.23. The zero-order valence-electron chi connectivity index (χ0n) is 18.0. The molecule has 4 rings (SSSR count). The maximum Gasteiger partial charge on any atom is 0.322 e. The SMILES string of the molecule is O=C(CC1NC(=O)NC1=O)NCCc1ccc(-c2ccc(OCc3ccccc3)cc2)cc1. The number of imide groups is 1. The van der Waals surface area contributed by atoms with Crippen LogP contribution in [-0.2, 0) is 22.6 Å². The molecular formula is C26H25N3O4. The molecule has 7 nitrogen and oxygen atoms in total. The summed E-state index contributed by atoms with van der Waals surface area (Å²) in [4.78, 5) is 34.6. The third-order valence-electron chi connectivity index (χ3n) is 5.37.